The van der Waals surface area contributed by atoms with Gasteiger partial charge in [-0.2, -0.15) is 18.3 Å². The van der Waals surface area contributed by atoms with Gasteiger partial charge < -0.3 is 15.2 Å². The Morgan fingerprint density at radius 1 is 1.38 bits per heavy atom. The molecule has 2 N–H and O–H groups in total. The Balaban J connectivity index is 2.24. The second-order valence-electron chi connectivity index (χ2n) is 5.86. The molecule has 0 radical (unpaired) electrons. The summed E-state index contributed by atoms with van der Waals surface area (Å²) in [6.07, 6.45) is -3.14. The number of carbonyl (C=O) groups excluding carboxylic acids is 1. The van der Waals surface area contributed by atoms with Crippen molar-refractivity contribution in [3.05, 3.63) is 11.6 Å². The highest BCUT2D eigenvalue weighted by Gasteiger charge is 2.35. The molecule has 3 atom stereocenters. The minimum atomic E-state index is -4.43. The summed E-state index contributed by atoms with van der Waals surface area (Å²) in [6, 6.07) is -0.283. The zero-order valence-electron chi connectivity index (χ0n) is 13.5. The molecule has 1 aromatic rings. The van der Waals surface area contributed by atoms with Crippen LogP contribution in [0.15, 0.2) is 0 Å². The second-order valence-corrected chi connectivity index (χ2v) is 5.86. The number of halogens is 3. The number of nitrogens with zero attached hydrogens (tertiary/aromatic N) is 3. The number of nitrogens with two attached hydrogens (primary N) is 1. The number of methoxy groups -OCH3 is 2. The molecule has 1 aliphatic rings. The summed E-state index contributed by atoms with van der Waals surface area (Å²) in [6.45, 7) is -1.25. The zero-order chi connectivity index (χ0) is 17.9. The molecule has 1 aromatic heterocycles. The molecular formula is C14H21F3N4O3. The van der Waals surface area contributed by atoms with Crippen LogP contribution in [-0.2, 0) is 27.2 Å². The van der Waals surface area contributed by atoms with Crippen molar-refractivity contribution in [1.29, 1.82) is 0 Å². The van der Waals surface area contributed by atoms with Gasteiger partial charge in [-0.15, -0.1) is 0 Å². The highest BCUT2D eigenvalue weighted by molar-refractivity contribution is 5.71. The molecule has 0 aromatic carbocycles. The van der Waals surface area contributed by atoms with E-state index < -0.39 is 18.7 Å². The third-order valence-electron chi connectivity index (χ3n) is 4.11. The molecule has 0 bridgehead atoms. The van der Waals surface area contributed by atoms with Crippen molar-refractivity contribution in [2.24, 2.45) is 5.73 Å². The number of hydrogen-bond acceptors (Lipinski definition) is 6. The van der Waals surface area contributed by atoms with Crippen LogP contribution < -0.4 is 5.73 Å². The lowest BCUT2D eigenvalue weighted by Crippen LogP contribution is -2.41. The fourth-order valence-electron chi connectivity index (χ4n) is 2.97. The highest BCUT2D eigenvalue weighted by atomic mass is 19.4. The van der Waals surface area contributed by atoms with Crippen LogP contribution in [0.5, 0.6) is 0 Å². The van der Waals surface area contributed by atoms with Crippen molar-refractivity contribution in [3.63, 3.8) is 0 Å². The Morgan fingerprint density at radius 3 is 2.62 bits per heavy atom. The van der Waals surface area contributed by atoms with Crippen LogP contribution in [0.1, 0.15) is 36.8 Å². The van der Waals surface area contributed by atoms with Crippen molar-refractivity contribution >= 4 is 5.97 Å². The summed E-state index contributed by atoms with van der Waals surface area (Å²) in [4.78, 5) is 15.5. The maximum absolute atomic E-state index is 12.8. The highest BCUT2D eigenvalue weighted by Crippen LogP contribution is 2.33. The van der Waals surface area contributed by atoms with Crippen LogP contribution >= 0.6 is 0 Å². The van der Waals surface area contributed by atoms with Crippen molar-refractivity contribution < 1.29 is 27.4 Å². The molecule has 0 aliphatic heterocycles. The normalized spacial score (nSPS) is 24.8. The number of esters is 1. The van der Waals surface area contributed by atoms with Crippen molar-refractivity contribution in [2.75, 3.05) is 14.2 Å². The molecule has 2 rings (SSSR count). The molecule has 0 spiro atoms. The van der Waals surface area contributed by atoms with Gasteiger partial charge in [0.2, 0.25) is 0 Å². The number of ether oxygens (including phenoxy) is 2. The number of hydrogen-bond donors (Lipinski definition) is 1. The molecule has 10 heteroatoms. The molecule has 1 heterocycles. The van der Waals surface area contributed by atoms with Crippen LogP contribution in [0.2, 0.25) is 0 Å². The van der Waals surface area contributed by atoms with Gasteiger partial charge in [-0.1, -0.05) is 0 Å². The van der Waals surface area contributed by atoms with Gasteiger partial charge in [0.1, 0.15) is 18.8 Å². The number of alkyl halides is 3. The maximum atomic E-state index is 12.8. The fourth-order valence-corrected chi connectivity index (χ4v) is 2.97. The lowest BCUT2D eigenvalue weighted by Gasteiger charge is -2.32. The Bertz CT molecular complexity index is 576. The van der Waals surface area contributed by atoms with E-state index in [1.807, 2.05) is 0 Å². The predicted octanol–water partition coefficient (Wildman–Crippen LogP) is 1.17. The minimum absolute atomic E-state index is 0.0172. The first kappa shape index (κ1) is 18.7. The molecule has 136 valence electrons. The van der Waals surface area contributed by atoms with Gasteiger partial charge in [0, 0.05) is 19.1 Å². The smallest absolute Gasteiger partial charge is 0.408 e. The first-order valence-electron chi connectivity index (χ1n) is 7.59. The molecule has 1 fully saturated rings. The van der Waals surface area contributed by atoms with Crippen molar-refractivity contribution in [2.45, 2.75) is 56.5 Å². The summed E-state index contributed by atoms with van der Waals surface area (Å²) in [5.41, 5.74) is 6.02. The lowest BCUT2D eigenvalue weighted by molar-refractivity contribution is -0.143. The Labute approximate surface area is 137 Å². The van der Waals surface area contributed by atoms with Crippen LogP contribution in [0, 0.1) is 0 Å². The lowest BCUT2D eigenvalue weighted by atomic mass is 9.83. The van der Waals surface area contributed by atoms with E-state index in [4.69, 9.17) is 10.5 Å². The van der Waals surface area contributed by atoms with Gasteiger partial charge in [0.05, 0.1) is 13.2 Å². The van der Waals surface area contributed by atoms with Crippen LogP contribution in [0.3, 0.4) is 0 Å². The van der Waals surface area contributed by atoms with Crippen LogP contribution in [0.4, 0.5) is 13.2 Å². The van der Waals surface area contributed by atoms with Crippen LogP contribution in [-0.4, -0.2) is 53.3 Å². The molecule has 0 saturated heterocycles. The Kier molecular flexibility index (Phi) is 5.81. The molecule has 1 saturated carbocycles. The van der Waals surface area contributed by atoms with E-state index >= 15 is 0 Å². The van der Waals surface area contributed by atoms with Crippen molar-refractivity contribution in [1.82, 2.24) is 14.8 Å². The molecule has 24 heavy (non-hydrogen) atoms. The SMILES string of the molecule is COC(=O)Cc1nc([C@H]2CC[C@@H](OC)[C@H](N)C2)n(CC(F)(F)F)n1. The fraction of sp³-hybridized carbons (Fsp3) is 0.786. The number of aromatic nitrogens is 3. The van der Waals surface area contributed by atoms with E-state index in [1.165, 1.54) is 7.11 Å². The van der Waals surface area contributed by atoms with Gasteiger partial charge in [-0.25, -0.2) is 9.67 Å². The van der Waals surface area contributed by atoms with Crippen molar-refractivity contribution in [3.8, 4) is 0 Å². The first-order chi connectivity index (χ1) is 11.2. The summed E-state index contributed by atoms with van der Waals surface area (Å²) in [7, 11) is 2.76. The standard InChI is InChI=1S/C14H21F3N4O3/c1-23-10-4-3-8(5-9(10)18)13-19-11(6-12(22)24-2)20-21(13)7-14(15,16)17/h8-10H,3-7,18H2,1-2H3/t8-,9+,10+/m0/s1. The van der Waals surface area contributed by atoms with Gasteiger partial charge >= 0.3 is 12.1 Å². The molecular weight excluding hydrogens is 329 g/mol. The summed E-state index contributed by atoms with van der Waals surface area (Å²) in [5, 5.41) is 3.84. The average Bonchev–Trinajstić information content (AvgIpc) is 2.87. The summed E-state index contributed by atoms with van der Waals surface area (Å²) >= 11 is 0. The van der Waals surface area contributed by atoms with Gasteiger partial charge in [0.15, 0.2) is 5.82 Å². The van der Waals surface area contributed by atoms with E-state index in [-0.39, 0.29) is 36.1 Å². The maximum Gasteiger partial charge on any atom is 0.408 e. The summed E-state index contributed by atoms with van der Waals surface area (Å²) in [5.74, 6) is -0.641. The van der Waals surface area contributed by atoms with E-state index in [1.54, 1.807) is 7.11 Å². The number of carbonyl (C=O) groups is 1. The van der Waals surface area contributed by atoms with E-state index in [2.05, 4.69) is 14.8 Å². The largest absolute Gasteiger partial charge is 0.469 e. The molecule has 7 nitrogen and oxygen atoms in total. The Morgan fingerprint density at radius 2 is 2.08 bits per heavy atom. The van der Waals surface area contributed by atoms with Crippen LogP contribution in [0.25, 0.3) is 0 Å². The van der Waals surface area contributed by atoms with E-state index in [0.29, 0.717) is 19.3 Å². The monoisotopic (exact) mass is 350 g/mol. The van der Waals surface area contributed by atoms with E-state index in [0.717, 1.165) is 4.68 Å². The minimum Gasteiger partial charge on any atom is -0.469 e. The topological polar surface area (TPSA) is 92.3 Å². The van der Waals surface area contributed by atoms with Gasteiger partial charge in [-0.3, -0.25) is 4.79 Å². The average molecular weight is 350 g/mol. The van der Waals surface area contributed by atoms with Gasteiger partial charge in [-0.05, 0) is 19.3 Å². The third kappa shape index (κ3) is 4.67. The predicted molar refractivity (Wildman–Crippen MR) is 77.2 cm³/mol. The zero-order valence-corrected chi connectivity index (χ0v) is 13.5. The molecule has 0 unspecified atom stereocenters. The molecule has 0 amide bonds. The van der Waals surface area contributed by atoms with E-state index in [9.17, 15) is 18.0 Å². The quantitative estimate of drug-likeness (QED) is 0.802. The third-order valence-corrected chi connectivity index (χ3v) is 4.11. The Hall–Kier alpha value is -1.68. The number of rotatable bonds is 5. The summed E-state index contributed by atoms with van der Waals surface area (Å²) < 4.78 is 49.0. The second kappa shape index (κ2) is 7.47. The van der Waals surface area contributed by atoms with Gasteiger partial charge in [0.25, 0.3) is 0 Å². The first-order valence-corrected chi connectivity index (χ1v) is 7.59. The molecule has 1 aliphatic carbocycles.